The van der Waals surface area contributed by atoms with Crippen molar-refractivity contribution in [3.8, 4) is 0 Å². The molecule has 0 radical (unpaired) electrons. The highest BCUT2D eigenvalue weighted by Gasteiger charge is 2.20. The van der Waals surface area contributed by atoms with Crippen molar-refractivity contribution in [2.75, 3.05) is 19.6 Å². The Morgan fingerprint density at radius 2 is 1.95 bits per heavy atom. The van der Waals surface area contributed by atoms with E-state index in [0.29, 0.717) is 6.04 Å². The summed E-state index contributed by atoms with van der Waals surface area (Å²) in [5.41, 5.74) is 2.17. The van der Waals surface area contributed by atoms with E-state index in [0.717, 1.165) is 35.9 Å². The van der Waals surface area contributed by atoms with Gasteiger partial charge in [0.25, 0.3) is 0 Å². The summed E-state index contributed by atoms with van der Waals surface area (Å²) in [6, 6.07) is 0.611. The molecule has 1 aromatic heterocycles. The zero-order valence-electron chi connectivity index (χ0n) is 13.7. The molecule has 1 aliphatic heterocycles. The minimum absolute atomic E-state index is 0.611. The van der Waals surface area contributed by atoms with Gasteiger partial charge < -0.3 is 10.2 Å². The lowest BCUT2D eigenvalue weighted by molar-refractivity contribution is 0.197. The van der Waals surface area contributed by atoms with Crippen LogP contribution in [-0.2, 0) is 19.5 Å². The first-order valence-corrected chi connectivity index (χ1v) is 8.77. The molecule has 0 aliphatic carbocycles. The van der Waals surface area contributed by atoms with E-state index in [9.17, 15) is 0 Å². The van der Waals surface area contributed by atoms with Crippen molar-refractivity contribution >= 4 is 11.6 Å². The third-order valence-electron chi connectivity index (χ3n) is 4.38. The minimum atomic E-state index is 0.611. The number of rotatable bonds is 7. The number of likely N-dealkylation sites (tertiary alicyclic amines) is 1. The van der Waals surface area contributed by atoms with Gasteiger partial charge in [-0.15, -0.1) is 0 Å². The molecule has 21 heavy (non-hydrogen) atoms. The summed E-state index contributed by atoms with van der Waals surface area (Å²) in [5, 5.41) is 9.12. The second-order valence-electron chi connectivity index (χ2n) is 5.87. The van der Waals surface area contributed by atoms with Gasteiger partial charge in [-0.25, -0.2) is 0 Å². The normalized spacial score (nSPS) is 17.5. The summed E-state index contributed by atoms with van der Waals surface area (Å²) in [4.78, 5) is 2.57. The summed E-state index contributed by atoms with van der Waals surface area (Å²) in [7, 11) is 0. The van der Waals surface area contributed by atoms with Gasteiger partial charge in [-0.2, -0.15) is 5.10 Å². The van der Waals surface area contributed by atoms with E-state index in [4.69, 9.17) is 11.6 Å². The Morgan fingerprint density at radius 1 is 1.24 bits per heavy atom. The molecule has 2 heterocycles. The topological polar surface area (TPSA) is 33.1 Å². The molecule has 0 aromatic carbocycles. The maximum Gasteiger partial charge on any atom is 0.0863 e. The third-order valence-corrected chi connectivity index (χ3v) is 4.82. The van der Waals surface area contributed by atoms with Gasteiger partial charge in [0.15, 0.2) is 0 Å². The highest BCUT2D eigenvalue weighted by atomic mass is 35.5. The lowest BCUT2D eigenvalue weighted by Crippen LogP contribution is -2.42. The predicted octanol–water partition coefficient (Wildman–Crippen LogP) is 3.08. The molecule has 5 heteroatoms. The number of hydrogen-bond acceptors (Lipinski definition) is 3. The van der Waals surface area contributed by atoms with Crippen LogP contribution in [0.15, 0.2) is 0 Å². The van der Waals surface area contributed by atoms with E-state index in [1.165, 1.54) is 38.9 Å². The Morgan fingerprint density at radius 3 is 2.52 bits per heavy atom. The molecule has 0 spiro atoms. The quantitative estimate of drug-likeness (QED) is 0.840. The first kappa shape index (κ1) is 16.8. The molecule has 0 bridgehead atoms. The van der Waals surface area contributed by atoms with Gasteiger partial charge in [-0.3, -0.25) is 4.68 Å². The summed E-state index contributed by atoms with van der Waals surface area (Å²) in [6.07, 6.45) is 4.62. The second-order valence-corrected chi connectivity index (χ2v) is 6.25. The molecule has 1 fully saturated rings. The van der Waals surface area contributed by atoms with Gasteiger partial charge in [-0.05, 0) is 52.2 Å². The lowest BCUT2D eigenvalue weighted by atomic mass is 10.0. The van der Waals surface area contributed by atoms with Gasteiger partial charge in [-0.1, -0.05) is 25.4 Å². The van der Waals surface area contributed by atoms with Crippen molar-refractivity contribution in [2.45, 2.75) is 65.6 Å². The predicted molar refractivity (Wildman–Crippen MR) is 88.9 cm³/mol. The monoisotopic (exact) mass is 312 g/mol. The number of halogens is 1. The molecule has 120 valence electrons. The van der Waals surface area contributed by atoms with Crippen LogP contribution in [0.1, 0.15) is 51.4 Å². The smallest absolute Gasteiger partial charge is 0.0863 e. The highest BCUT2D eigenvalue weighted by molar-refractivity contribution is 6.31. The Hall–Kier alpha value is -0.580. The van der Waals surface area contributed by atoms with Crippen molar-refractivity contribution in [1.82, 2.24) is 20.0 Å². The molecular formula is C16H29ClN4. The summed E-state index contributed by atoms with van der Waals surface area (Å²) < 4.78 is 2.04. The molecule has 1 saturated heterocycles. The summed E-state index contributed by atoms with van der Waals surface area (Å²) in [6.45, 7) is 11.9. The Kier molecular flexibility index (Phi) is 6.52. The minimum Gasteiger partial charge on any atom is -0.308 e. The van der Waals surface area contributed by atoms with Crippen molar-refractivity contribution < 1.29 is 0 Å². The summed E-state index contributed by atoms with van der Waals surface area (Å²) >= 11 is 6.46. The molecule has 0 amide bonds. The average molecular weight is 313 g/mol. The van der Waals surface area contributed by atoms with Gasteiger partial charge in [0.05, 0.1) is 16.4 Å². The van der Waals surface area contributed by atoms with Crippen molar-refractivity contribution in [3.63, 3.8) is 0 Å². The van der Waals surface area contributed by atoms with Gasteiger partial charge >= 0.3 is 0 Å². The number of nitrogens with zero attached hydrogens (tertiary/aromatic N) is 3. The van der Waals surface area contributed by atoms with Crippen LogP contribution in [-0.4, -0.2) is 40.4 Å². The van der Waals surface area contributed by atoms with E-state index in [1.54, 1.807) is 0 Å². The van der Waals surface area contributed by atoms with E-state index >= 15 is 0 Å². The molecule has 0 unspecified atom stereocenters. The van der Waals surface area contributed by atoms with E-state index in [2.05, 4.69) is 36.1 Å². The molecule has 1 aliphatic rings. The van der Waals surface area contributed by atoms with Crippen molar-refractivity contribution in [1.29, 1.82) is 0 Å². The molecule has 4 nitrogen and oxygen atoms in total. The van der Waals surface area contributed by atoms with Crippen LogP contribution in [0.25, 0.3) is 0 Å². The fourth-order valence-corrected chi connectivity index (χ4v) is 3.44. The Bertz CT molecular complexity index is 436. The molecule has 2 rings (SSSR count). The van der Waals surface area contributed by atoms with Gasteiger partial charge in [0, 0.05) is 19.1 Å². The number of aromatic nitrogens is 2. The van der Waals surface area contributed by atoms with E-state index in [-0.39, 0.29) is 0 Å². The zero-order chi connectivity index (χ0) is 15.2. The molecule has 0 saturated carbocycles. The van der Waals surface area contributed by atoms with Crippen LogP contribution < -0.4 is 5.32 Å². The van der Waals surface area contributed by atoms with Crippen LogP contribution in [0.2, 0.25) is 5.02 Å². The number of hydrogen-bond donors (Lipinski definition) is 1. The summed E-state index contributed by atoms with van der Waals surface area (Å²) in [5.74, 6) is 0. The van der Waals surface area contributed by atoms with Crippen LogP contribution in [0.5, 0.6) is 0 Å². The van der Waals surface area contributed by atoms with Crippen LogP contribution in [0.3, 0.4) is 0 Å². The first-order valence-electron chi connectivity index (χ1n) is 8.39. The third kappa shape index (κ3) is 4.21. The number of aryl methyl sites for hydroxylation is 2. The van der Waals surface area contributed by atoms with Crippen molar-refractivity contribution in [2.24, 2.45) is 0 Å². The zero-order valence-corrected chi connectivity index (χ0v) is 14.4. The molecule has 1 aromatic rings. The standard InChI is InChI=1S/C16H29ClN4/c1-4-9-20-10-7-13(8-11-20)18-12-15-16(17)14(5-2)19-21(15)6-3/h13,18H,4-12H2,1-3H3. The molecule has 1 N–H and O–H groups in total. The first-order chi connectivity index (χ1) is 10.2. The molecule has 0 atom stereocenters. The van der Waals surface area contributed by atoms with E-state index < -0.39 is 0 Å². The number of piperidine rings is 1. The average Bonchev–Trinajstić information content (AvgIpc) is 2.82. The van der Waals surface area contributed by atoms with Crippen molar-refractivity contribution in [3.05, 3.63) is 16.4 Å². The second kappa shape index (κ2) is 8.16. The largest absolute Gasteiger partial charge is 0.308 e. The van der Waals surface area contributed by atoms with Gasteiger partial charge in [0.2, 0.25) is 0 Å². The fraction of sp³-hybridized carbons (Fsp3) is 0.812. The van der Waals surface area contributed by atoms with Gasteiger partial charge in [0.1, 0.15) is 0 Å². The Labute approximate surface area is 133 Å². The highest BCUT2D eigenvalue weighted by Crippen LogP contribution is 2.22. The Balaban J connectivity index is 1.88. The van der Waals surface area contributed by atoms with Crippen LogP contribution in [0.4, 0.5) is 0 Å². The maximum atomic E-state index is 6.46. The lowest BCUT2D eigenvalue weighted by Gasteiger charge is -2.32. The SMILES string of the molecule is CCCN1CCC(NCc2c(Cl)c(CC)nn2CC)CC1. The van der Waals surface area contributed by atoms with Crippen LogP contribution >= 0.6 is 11.6 Å². The molecular weight excluding hydrogens is 284 g/mol. The number of nitrogens with one attached hydrogen (secondary N) is 1. The van der Waals surface area contributed by atoms with E-state index in [1.807, 2.05) is 4.68 Å². The maximum absolute atomic E-state index is 6.46. The fourth-order valence-electron chi connectivity index (χ4n) is 3.10. The van der Waals surface area contributed by atoms with Crippen LogP contribution in [0, 0.1) is 0 Å².